The third-order valence-corrected chi connectivity index (χ3v) is 7.36. The maximum Gasteiger partial charge on any atom is 0.264 e. The minimum Gasteiger partial charge on any atom is -0.318 e. The summed E-state index contributed by atoms with van der Waals surface area (Å²) in [6, 6.07) is 14.7. The second-order valence-electron chi connectivity index (χ2n) is 7.92. The molecule has 158 valence electrons. The van der Waals surface area contributed by atoms with E-state index in [9.17, 15) is 4.79 Å². The van der Waals surface area contributed by atoms with E-state index in [1.165, 1.54) is 20.9 Å². The van der Waals surface area contributed by atoms with Gasteiger partial charge < -0.3 is 9.88 Å². The third-order valence-electron chi connectivity index (χ3n) is 5.24. The molecule has 3 aromatic rings. The summed E-state index contributed by atoms with van der Waals surface area (Å²) >= 11 is 3.74. The number of benzene rings is 2. The molecule has 0 bridgehead atoms. The first-order valence-electron chi connectivity index (χ1n) is 10.0. The van der Waals surface area contributed by atoms with Gasteiger partial charge in [0.2, 0.25) is 0 Å². The monoisotopic (exact) mass is 541 g/mol. The molecule has 1 saturated heterocycles. The van der Waals surface area contributed by atoms with Crippen molar-refractivity contribution in [2.75, 3.05) is 0 Å². The predicted octanol–water partition coefficient (Wildman–Crippen LogP) is 6.52. The molecule has 0 atom stereocenters. The fraction of sp³-hybridized carbons (Fsp3) is 0.200. The summed E-state index contributed by atoms with van der Waals surface area (Å²) in [6.07, 6.45) is 1.96. The van der Waals surface area contributed by atoms with Gasteiger partial charge in [-0.05, 0) is 134 Å². The first-order chi connectivity index (χ1) is 14.7. The van der Waals surface area contributed by atoms with Crippen LogP contribution in [0.2, 0.25) is 0 Å². The van der Waals surface area contributed by atoms with Crippen LogP contribution in [0.25, 0.3) is 11.8 Å². The average Bonchev–Trinajstić information content (AvgIpc) is 3.15. The number of thioether (sulfide) groups is 1. The molecule has 6 heteroatoms. The SMILES string of the molecule is Cc1cc(C)cc(N=C2NC(=O)C(=Cc3cc(C)n(-c4ccc(I)c(C)c4)c3C)S2)c1. The number of aliphatic imine (C=N–C) groups is 1. The maximum atomic E-state index is 12.6. The molecule has 1 N–H and O–H groups in total. The number of aromatic nitrogens is 1. The molecule has 0 saturated carbocycles. The summed E-state index contributed by atoms with van der Waals surface area (Å²) in [4.78, 5) is 17.9. The molecule has 0 aliphatic carbocycles. The summed E-state index contributed by atoms with van der Waals surface area (Å²) in [5.41, 5.74) is 8.84. The van der Waals surface area contributed by atoms with Crippen LogP contribution in [-0.4, -0.2) is 15.6 Å². The van der Waals surface area contributed by atoms with E-state index in [0.717, 1.165) is 39.5 Å². The van der Waals surface area contributed by atoms with Crippen LogP contribution in [0.3, 0.4) is 0 Å². The molecule has 0 radical (unpaired) electrons. The first-order valence-corrected chi connectivity index (χ1v) is 11.9. The Balaban J connectivity index is 1.65. The Morgan fingerprint density at radius 2 is 1.71 bits per heavy atom. The van der Waals surface area contributed by atoms with Crippen LogP contribution >= 0.6 is 34.4 Å². The molecule has 4 rings (SSSR count). The molecular weight excluding hydrogens is 517 g/mol. The third kappa shape index (κ3) is 4.65. The van der Waals surface area contributed by atoms with Gasteiger partial charge in [0.15, 0.2) is 5.17 Å². The van der Waals surface area contributed by atoms with Crippen molar-refractivity contribution in [3.05, 3.63) is 84.6 Å². The zero-order chi connectivity index (χ0) is 22.3. The van der Waals surface area contributed by atoms with E-state index in [1.807, 2.05) is 32.1 Å². The summed E-state index contributed by atoms with van der Waals surface area (Å²) in [5, 5.41) is 3.51. The molecule has 1 fully saturated rings. The van der Waals surface area contributed by atoms with Gasteiger partial charge in [-0.2, -0.15) is 0 Å². The largest absolute Gasteiger partial charge is 0.318 e. The Hall–Kier alpha value is -2.32. The highest BCUT2D eigenvalue weighted by Crippen LogP contribution is 2.31. The number of hydrogen-bond acceptors (Lipinski definition) is 3. The Bertz CT molecular complexity index is 1250. The van der Waals surface area contributed by atoms with Gasteiger partial charge in [0.05, 0.1) is 10.6 Å². The van der Waals surface area contributed by atoms with Crippen molar-refractivity contribution in [3.8, 4) is 5.69 Å². The van der Waals surface area contributed by atoms with Crippen molar-refractivity contribution in [2.24, 2.45) is 4.99 Å². The van der Waals surface area contributed by atoms with Crippen LogP contribution in [-0.2, 0) is 4.79 Å². The lowest BCUT2D eigenvalue weighted by molar-refractivity contribution is -0.115. The number of nitrogens with zero attached hydrogens (tertiary/aromatic N) is 2. The molecule has 2 heterocycles. The van der Waals surface area contributed by atoms with Crippen molar-refractivity contribution in [1.29, 1.82) is 0 Å². The van der Waals surface area contributed by atoms with E-state index in [0.29, 0.717) is 10.1 Å². The molecule has 31 heavy (non-hydrogen) atoms. The Morgan fingerprint density at radius 1 is 1.00 bits per heavy atom. The van der Waals surface area contributed by atoms with Crippen LogP contribution in [0, 0.1) is 38.2 Å². The number of halogens is 1. The highest BCUT2D eigenvalue weighted by Gasteiger charge is 2.24. The minimum absolute atomic E-state index is 0.108. The van der Waals surface area contributed by atoms with Crippen LogP contribution in [0.4, 0.5) is 5.69 Å². The molecule has 2 aromatic carbocycles. The van der Waals surface area contributed by atoms with E-state index in [2.05, 4.69) is 88.6 Å². The molecule has 1 amide bonds. The van der Waals surface area contributed by atoms with Crippen LogP contribution < -0.4 is 5.32 Å². The van der Waals surface area contributed by atoms with Gasteiger partial charge in [0.25, 0.3) is 5.91 Å². The lowest BCUT2D eigenvalue weighted by atomic mass is 10.1. The molecule has 4 nitrogen and oxygen atoms in total. The standard InChI is InChI=1S/C25H24IN3OS/c1-14-8-15(2)10-20(9-14)27-25-28-24(30)23(31-25)13-19-12-17(4)29(18(19)5)21-6-7-22(26)16(3)11-21/h6-13H,1-5H3,(H,27,28,30). The van der Waals surface area contributed by atoms with E-state index in [-0.39, 0.29) is 5.91 Å². The van der Waals surface area contributed by atoms with Gasteiger partial charge in [0, 0.05) is 20.6 Å². The molecule has 1 aromatic heterocycles. The number of carbonyl (C=O) groups excluding carboxylic acids is 1. The van der Waals surface area contributed by atoms with E-state index in [1.54, 1.807) is 0 Å². The number of nitrogens with one attached hydrogen (secondary N) is 1. The Labute approximate surface area is 201 Å². The van der Waals surface area contributed by atoms with Crippen LogP contribution in [0.1, 0.15) is 33.6 Å². The van der Waals surface area contributed by atoms with Crippen LogP contribution in [0.15, 0.2) is 52.4 Å². The number of amides is 1. The highest BCUT2D eigenvalue weighted by molar-refractivity contribution is 14.1. The topological polar surface area (TPSA) is 46.4 Å². The highest BCUT2D eigenvalue weighted by atomic mass is 127. The number of hydrogen-bond donors (Lipinski definition) is 1. The van der Waals surface area contributed by atoms with Gasteiger partial charge >= 0.3 is 0 Å². The zero-order valence-electron chi connectivity index (χ0n) is 18.2. The second kappa shape index (κ2) is 8.67. The Morgan fingerprint density at radius 3 is 2.39 bits per heavy atom. The van der Waals surface area contributed by atoms with Gasteiger partial charge in [0.1, 0.15) is 0 Å². The van der Waals surface area contributed by atoms with E-state index in [4.69, 9.17) is 0 Å². The molecule has 1 aliphatic rings. The summed E-state index contributed by atoms with van der Waals surface area (Å²) in [7, 11) is 0. The predicted molar refractivity (Wildman–Crippen MR) is 139 cm³/mol. The van der Waals surface area contributed by atoms with Gasteiger partial charge in [-0.3, -0.25) is 4.79 Å². The fourth-order valence-corrected chi connectivity index (χ4v) is 5.02. The normalized spacial score (nSPS) is 16.4. The molecule has 1 aliphatic heterocycles. The number of carbonyl (C=O) groups is 1. The zero-order valence-corrected chi connectivity index (χ0v) is 21.2. The average molecular weight is 541 g/mol. The summed E-state index contributed by atoms with van der Waals surface area (Å²) in [6.45, 7) is 10.4. The van der Waals surface area contributed by atoms with Gasteiger partial charge in [-0.15, -0.1) is 0 Å². The van der Waals surface area contributed by atoms with Crippen molar-refractivity contribution >= 4 is 57.2 Å². The fourth-order valence-electron chi connectivity index (χ4n) is 3.85. The Kier molecular flexibility index (Phi) is 6.12. The molecule has 0 spiro atoms. The van der Waals surface area contributed by atoms with Crippen molar-refractivity contribution in [1.82, 2.24) is 9.88 Å². The minimum atomic E-state index is -0.108. The summed E-state index contributed by atoms with van der Waals surface area (Å²) < 4.78 is 3.48. The van der Waals surface area contributed by atoms with Crippen molar-refractivity contribution < 1.29 is 4.79 Å². The number of rotatable bonds is 3. The lowest BCUT2D eigenvalue weighted by Crippen LogP contribution is -2.19. The smallest absolute Gasteiger partial charge is 0.264 e. The van der Waals surface area contributed by atoms with Crippen LogP contribution in [0.5, 0.6) is 0 Å². The first kappa shape index (κ1) is 21.9. The molecule has 0 unspecified atom stereocenters. The number of aryl methyl sites for hydroxylation is 4. The lowest BCUT2D eigenvalue weighted by Gasteiger charge is -2.11. The number of amidine groups is 1. The van der Waals surface area contributed by atoms with Gasteiger partial charge in [-0.25, -0.2) is 4.99 Å². The van der Waals surface area contributed by atoms with E-state index < -0.39 is 0 Å². The molecular formula is C25H24IN3OS. The van der Waals surface area contributed by atoms with E-state index >= 15 is 0 Å². The van der Waals surface area contributed by atoms with Crippen molar-refractivity contribution in [2.45, 2.75) is 34.6 Å². The second-order valence-corrected chi connectivity index (χ2v) is 10.1. The maximum absolute atomic E-state index is 12.6. The quantitative estimate of drug-likeness (QED) is 0.303. The van der Waals surface area contributed by atoms with Gasteiger partial charge in [-0.1, -0.05) is 6.07 Å². The van der Waals surface area contributed by atoms with Crippen molar-refractivity contribution in [3.63, 3.8) is 0 Å². The summed E-state index contributed by atoms with van der Waals surface area (Å²) in [5.74, 6) is -0.108.